The molecule has 1 heterocycles. The molecule has 7 heteroatoms. The van der Waals surface area contributed by atoms with Crippen molar-refractivity contribution in [2.75, 3.05) is 5.75 Å². The van der Waals surface area contributed by atoms with Gasteiger partial charge in [-0.2, -0.15) is 0 Å². The van der Waals surface area contributed by atoms with E-state index in [4.69, 9.17) is 22.4 Å². The van der Waals surface area contributed by atoms with Gasteiger partial charge in [0.1, 0.15) is 0 Å². The van der Waals surface area contributed by atoms with E-state index in [0.29, 0.717) is 5.02 Å². The monoisotopic (exact) mass is 314 g/mol. The molecule has 0 saturated carbocycles. The van der Waals surface area contributed by atoms with Gasteiger partial charge in [0, 0.05) is 15.7 Å². The van der Waals surface area contributed by atoms with Crippen LogP contribution in [0.2, 0.25) is 5.02 Å². The van der Waals surface area contributed by atoms with Crippen molar-refractivity contribution in [3.8, 4) is 0 Å². The maximum atomic E-state index is 11.9. The van der Waals surface area contributed by atoms with E-state index >= 15 is 0 Å². The molecule has 4 N–H and O–H groups in total. The molecule has 108 valence electrons. The Hall–Kier alpha value is -1.24. The minimum atomic E-state index is -1.09. The van der Waals surface area contributed by atoms with Crippen LogP contribution in [-0.2, 0) is 9.59 Å². The van der Waals surface area contributed by atoms with Gasteiger partial charge in [0.25, 0.3) is 0 Å². The maximum Gasteiger partial charge on any atom is 0.305 e. The van der Waals surface area contributed by atoms with Crippen LogP contribution in [0.15, 0.2) is 23.1 Å². The average molecular weight is 315 g/mol. The Labute approximate surface area is 125 Å². The second kappa shape index (κ2) is 6.47. The molecule has 1 aromatic rings. The number of fused-ring (bicyclic) bond motifs is 1. The van der Waals surface area contributed by atoms with Crippen molar-refractivity contribution in [3.63, 3.8) is 0 Å². The molecule has 20 heavy (non-hydrogen) atoms. The summed E-state index contributed by atoms with van der Waals surface area (Å²) in [6.07, 6.45) is 0.388. The van der Waals surface area contributed by atoms with E-state index < -0.39 is 17.9 Å². The zero-order valence-electron chi connectivity index (χ0n) is 10.6. The Bertz CT molecular complexity index is 538. The summed E-state index contributed by atoms with van der Waals surface area (Å²) in [6.45, 7) is 0. The summed E-state index contributed by atoms with van der Waals surface area (Å²) in [4.78, 5) is 23.6. The van der Waals surface area contributed by atoms with E-state index in [1.165, 1.54) is 0 Å². The number of nitrogens with two attached hydrogens (primary N) is 1. The second-order valence-electron chi connectivity index (χ2n) is 4.58. The lowest BCUT2D eigenvalue weighted by molar-refractivity contribution is -0.139. The first-order chi connectivity index (χ1) is 9.47. The number of hydrogen-bond donors (Lipinski definition) is 3. The quantitative estimate of drug-likeness (QED) is 0.788. The third-order valence-electron chi connectivity index (χ3n) is 3.06. The summed E-state index contributed by atoms with van der Waals surface area (Å²) < 4.78 is 0. The number of halogens is 1. The Morgan fingerprint density at radius 3 is 3.00 bits per heavy atom. The Morgan fingerprint density at radius 1 is 1.55 bits per heavy atom. The van der Waals surface area contributed by atoms with Crippen LogP contribution < -0.4 is 11.1 Å². The fourth-order valence-electron chi connectivity index (χ4n) is 2.07. The molecule has 0 aromatic heterocycles. The number of amides is 1. The van der Waals surface area contributed by atoms with Crippen LogP contribution in [0.25, 0.3) is 0 Å². The summed E-state index contributed by atoms with van der Waals surface area (Å²) in [5, 5.41) is 12.1. The minimum Gasteiger partial charge on any atom is -0.481 e. The molecule has 1 aliphatic heterocycles. The molecule has 0 spiro atoms. The highest BCUT2D eigenvalue weighted by Gasteiger charge is 2.25. The van der Waals surface area contributed by atoms with E-state index in [2.05, 4.69) is 5.32 Å². The Morgan fingerprint density at radius 2 is 2.30 bits per heavy atom. The smallest absolute Gasteiger partial charge is 0.305 e. The van der Waals surface area contributed by atoms with E-state index in [-0.39, 0.29) is 12.5 Å². The number of carboxylic acids is 1. The fraction of sp³-hybridized carbons (Fsp3) is 0.385. The molecule has 2 rings (SSSR count). The fourth-order valence-corrected chi connectivity index (χ4v) is 3.36. The zero-order valence-corrected chi connectivity index (χ0v) is 12.2. The van der Waals surface area contributed by atoms with Gasteiger partial charge in [-0.25, -0.2) is 0 Å². The third-order valence-corrected chi connectivity index (χ3v) is 4.42. The summed E-state index contributed by atoms with van der Waals surface area (Å²) >= 11 is 7.70. The molecule has 0 saturated heterocycles. The van der Waals surface area contributed by atoms with Gasteiger partial charge in [0.15, 0.2) is 0 Å². The summed E-state index contributed by atoms with van der Waals surface area (Å²) in [5.74, 6) is -0.654. The molecular weight excluding hydrogens is 300 g/mol. The lowest BCUT2D eigenvalue weighted by atomic mass is 10.0. The number of carboxylic acid groups (broad SMARTS) is 1. The van der Waals surface area contributed by atoms with Crippen molar-refractivity contribution in [3.05, 3.63) is 28.8 Å². The molecule has 0 radical (unpaired) electrons. The molecule has 5 nitrogen and oxygen atoms in total. The number of aliphatic carboxylic acids is 1. The van der Waals surface area contributed by atoms with Crippen LogP contribution in [0.3, 0.4) is 0 Å². The van der Waals surface area contributed by atoms with E-state index in [1.54, 1.807) is 11.8 Å². The van der Waals surface area contributed by atoms with Gasteiger partial charge in [-0.3, -0.25) is 9.59 Å². The predicted molar refractivity (Wildman–Crippen MR) is 77.9 cm³/mol. The van der Waals surface area contributed by atoms with E-state index in [9.17, 15) is 9.59 Å². The van der Waals surface area contributed by atoms with E-state index in [0.717, 1.165) is 22.6 Å². The molecular formula is C13H15ClN2O3S. The average Bonchev–Trinajstić information content (AvgIpc) is 2.38. The largest absolute Gasteiger partial charge is 0.481 e. The number of benzene rings is 1. The van der Waals surface area contributed by atoms with Crippen molar-refractivity contribution in [1.29, 1.82) is 0 Å². The van der Waals surface area contributed by atoms with Crippen molar-refractivity contribution < 1.29 is 14.7 Å². The van der Waals surface area contributed by atoms with Gasteiger partial charge in [-0.15, -0.1) is 11.8 Å². The SMILES string of the molecule is NC(CC(=O)O)C(=O)NC1CCSc2ccc(Cl)cc21. The van der Waals surface area contributed by atoms with Gasteiger partial charge in [0.05, 0.1) is 18.5 Å². The molecule has 2 atom stereocenters. The standard InChI is InChI=1S/C13H15ClN2O3S/c14-7-1-2-11-8(5-7)10(3-4-20-11)16-13(19)9(15)6-12(17)18/h1-2,5,9-10H,3-4,6,15H2,(H,16,19)(H,17,18). The Balaban J connectivity index is 2.10. The lowest BCUT2D eigenvalue weighted by Gasteiger charge is -2.27. The summed E-state index contributed by atoms with van der Waals surface area (Å²) in [5.41, 5.74) is 6.52. The number of rotatable bonds is 4. The first-order valence-corrected chi connectivity index (χ1v) is 7.53. The summed E-state index contributed by atoms with van der Waals surface area (Å²) in [7, 11) is 0. The number of thioether (sulfide) groups is 1. The van der Waals surface area contributed by atoms with Crippen LogP contribution in [0.5, 0.6) is 0 Å². The van der Waals surface area contributed by atoms with Gasteiger partial charge in [-0.05, 0) is 30.2 Å². The first kappa shape index (κ1) is 15.2. The lowest BCUT2D eigenvalue weighted by Crippen LogP contribution is -2.44. The molecule has 1 aromatic carbocycles. The first-order valence-electron chi connectivity index (χ1n) is 6.17. The van der Waals surface area contributed by atoms with Crippen LogP contribution in [0, 0.1) is 0 Å². The van der Waals surface area contributed by atoms with Gasteiger partial charge in [-0.1, -0.05) is 11.6 Å². The number of carbonyl (C=O) groups is 2. The minimum absolute atomic E-state index is 0.169. The molecule has 2 unspecified atom stereocenters. The molecule has 1 amide bonds. The van der Waals surface area contributed by atoms with E-state index in [1.807, 2.05) is 18.2 Å². The van der Waals surface area contributed by atoms with Crippen LogP contribution in [0.1, 0.15) is 24.4 Å². The van der Waals surface area contributed by atoms with Gasteiger partial charge >= 0.3 is 5.97 Å². The zero-order chi connectivity index (χ0) is 14.7. The second-order valence-corrected chi connectivity index (χ2v) is 6.16. The van der Waals surface area contributed by atoms with Gasteiger partial charge < -0.3 is 16.2 Å². The van der Waals surface area contributed by atoms with Crippen molar-refractivity contribution in [2.45, 2.75) is 29.8 Å². The predicted octanol–water partition coefficient (Wildman–Crippen LogP) is 1.80. The van der Waals surface area contributed by atoms with Crippen molar-refractivity contribution in [2.24, 2.45) is 5.73 Å². The van der Waals surface area contributed by atoms with Crippen LogP contribution in [-0.4, -0.2) is 28.8 Å². The van der Waals surface area contributed by atoms with Crippen LogP contribution in [0.4, 0.5) is 0 Å². The van der Waals surface area contributed by atoms with Gasteiger partial charge in [0.2, 0.25) is 5.91 Å². The highest BCUT2D eigenvalue weighted by atomic mass is 35.5. The van der Waals surface area contributed by atoms with Crippen molar-refractivity contribution >= 4 is 35.2 Å². The molecule has 1 aliphatic rings. The number of hydrogen-bond acceptors (Lipinski definition) is 4. The summed E-state index contributed by atoms with van der Waals surface area (Å²) in [6, 6.07) is 4.37. The van der Waals surface area contributed by atoms with Crippen molar-refractivity contribution in [1.82, 2.24) is 5.32 Å². The molecule has 0 aliphatic carbocycles. The topological polar surface area (TPSA) is 92.4 Å². The highest BCUT2D eigenvalue weighted by molar-refractivity contribution is 7.99. The number of carbonyl (C=O) groups excluding carboxylic acids is 1. The van der Waals surface area contributed by atoms with Crippen LogP contribution >= 0.6 is 23.4 Å². The Kier molecular flexibility index (Phi) is 4.91. The molecule has 0 fully saturated rings. The number of nitrogens with one attached hydrogen (secondary N) is 1. The maximum absolute atomic E-state index is 11.9. The molecule has 0 bridgehead atoms. The third kappa shape index (κ3) is 3.65. The highest BCUT2D eigenvalue weighted by Crippen LogP contribution is 2.37. The normalized spacial score (nSPS) is 19.0.